The van der Waals surface area contributed by atoms with Gasteiger partial charge in [0, 0.05) is 47.5 Å². The van der Waals surface area contributed by atoms with Gasteiger partial charge in [0.25, 0.3) is 15.9 Å². The van der Waals surface area contributed by atoms with Gasteiger partial charge in [0.15, 0.2) is 5.01 Å². The minimum atomic E-state index is -3.97. The zero-order valence-electron chi connectivity index (χ0n) is 17.9. The molecule has 0 bridgehead atoms. The van der Waals surface area contributed by atoms with Crippen LogP contribution in [-0.4, -0.2) is 70.1 Å². The molecule has 0 aliphatic carbocycles. The normalized spacial score (nSPS) is 17.5. The number of aromatic amines is 1. The third-order valence-electron chi connectivity index (χ3n) is 5.70. The molecule has 176 valence electrons. The van der Waals surface area contributed by atoms with Gasteiger partial charge in [-0.1, -0.05) is 11.6 Å². The predicted octanol–water partition coefficient (Wildman–Crippen LogP) is 2.14. The molecule has 1 saturated heterocycles. The molecule has 1 aliphatic heterocycles. The summed E-state index contributed by atoms with van der Waals surface area (Å²) in [4.78, 5) is 38.2. The van der Waals surface area contributed by atoms with Gasteiger partial charge in [0.05, 0.1) is 10.2 Å². The number of sulfonamides is 1. The topological polar surface area (TPSA) is 142 Å². The van der Waals surface area contributed by atoms with Crippen LogP contribution in [0.1, 0.15) is 15.5 Å². The van der Waals surface area contributed by atoms with Crippen LogP contribution in [0.4, 0.5) is 0 Å². The fraction of sp³-hybridized carbons (Fsp3) is 0.238. The Hall–Kier alpha value is -3.06. The van der Waals surface area contributed by atoms with E-state index in [1.54, 1.807) is 30.5 Å². The first-order valence-corrected chi connectivity index (χ1v) is 12.9. The SMILES string of the molecule is Cc1cc2nc(C(=O)N3CCN(S(=O)(=O)c4cc5cc(Cl)ccc5[nH]4)CC3C(N)=O)sc2cn1. The van der Waals surface area contributed by atoms with Crippen LogP contribution < -0.4 is 5.73 Å². The average molecular weight is 519 g/mol. The van der Waals surface area contributed by atoms with E-state index in [1.807, 2.05) is 6.92 Å². The molecule has 2 amide bonds. The van der Waals surface area contributed by atoms with Crippen molar-refractivity contribution in [3.63, 3.8) is 0 Å². The molecule has 0 radical (unpaired) electrons. The van der Waals surface area contributed by atoms with E-state index in [-0.39, 0.29) is 29.7 Å². The number of nitrogens with zero attached hydrogens (tertiary/aromatic N) is 4. The molecule has 5 rings (SSSR count). The highest BCUT2D eigenvalue weighted by Gasteiger charge is 2.40. The first-order chi connectivity index (χ1) is 16.1. The smallest absolute Gasteiger partial charge is 0.283 e. The molecular weight excluding hydrogens is 500 g/mol. The lowest BCUT2D eigenvalue weighted by atomic mass is 10.2. The van der Waals surface area contributed by atoms with Crippen LogP contribution in [0.5, 0.6) is 0 Å². The molecule has 1 unspecified atom stereocenters. The van der Waals surface area contributed by atoms with Crippen molar-refractivity contribution in [3.8, 4) is 0 Å². The van der Waals surface area contributed by atoms with Crippen molar-refractivity contribution in [1.82, 2.24) is 24.2 Å². The number of nitrogens with one attached hydrogen (secondary N) is 1. The fourth-order valence-electron chi connectivity index (χ4n) is 3.97. The van der Waals surface area contributed by atoms with E-state index in [0.29, 0.717) is 21.4 Å². The Kier molecular flexibility index (Phi) is 5.55. The molecule has 4 aromatic rings. The van der Waals surface area contributed by atoms with Gasteiger partial charge < -0.3 is 15.6 Å². The maximum absolute atomic E-state index is 13.3. The standard InChI is InChI=1S/C21H19ClN6O4S2/c1-11-6-15-17(9-24-11)33-20(26-15)21(30)28-5-4-27(10-16(28)19(23)29)34(31,32)18-8-12-7-13(22)2-3-14(12)25-18/h2-3,6-9,16,25H,4-5,10H2,1H3,(H2,23,29). The quantitative estimate of drug-likeness (QED) is 0.423. The van der Waals surface area contributed by atoms with Crippen LogP contribution in [0, 0.1) is 6.92 Å². The van der Waals surface area contributed by atoms with Crippen LogP contribution in [0.2, 0.25) is 5.02 Å². The molecule has 34 heavy (non-hydrogen) atoms. The second kappa shape index (κ2) is 8.31. The molecule has 1 aromatic carbocycles. The third kappa shape index (κ3) is 3.92. The summed E-state index contributed by atoms with van der Waals surface area (Å²) in [6.07, 6.45) is 1.64. The highest BCUT2D eigenvalue weighted by molar-refractivity contribution is 7.89. The van der Waals surface area contributed by atoms with Gasteiger partial charge in [-0.3, -0.25) is 14.6 Å². The Balaban J connectivity index is 1.42. The number of hydrogen-bond acceptors (Lipinski definition) is 7. The lowest BCUT2D eigenvalue weighted by molar-refractivity contribution is -0.123. The molecule has 10 nitrogen and oxygen atoms in total. The summed E-state index contributed by atoms with van der Waals surface area (Å²) in [6, 6.07) is 7.13. The van der Waals surface area contributed by atoms with Gasteiger partial charge in [0.2, 0.25) is 5.91 Å². The summed E-state index contributed by atoms with van der Waals surface area (Å²) in [7, 11) is -3.97. The van der Waals surface area contributed by atoms with Gasteiger partial charge in [0.1, 0.15) is 11.1 Å². The van der Waals surface area contributed by atoms with Crippen molar-refractivity contribution >= 4 is 65.9 Å². The van der Waals surface area contributed by atoms with Crippen LogP contribution in [0.3, 0.4) is 0 Å². The van der Waals surface area contributed by atoms with E-state index >= 15 is 0 Å². The number of pyridine rings is 1. The second-order valence-corrected chi connectivity index (χ2v) is 11.3. The molecule has 3 aromatic heterocycles. The fourth-order valence-corrected chi connectivity index (χ4v) is 6.47. The van der Waals surface area contributed by atoms with Crippen molar-refractivity contribution < 1.29 is 18.0 Å². The van der Waals surface area contributed by atoms with E-state index < -0.39 is 27.9 Å². The van der Waals surface area contributed by atoms with Gasteiger partial charge >= 0.3 is 0 Å². The first kappa shape index (κ1) is 22.7. The molecule has 1 atom stereocenters. The van der Waals surface area contributed by atoms with Crippen molar-refractivity contribution in [3.05, 3.63) is 52.3 Å². The summed E-state index contributed by atoms with van der Waals surface area (Å²) in [5.41, 5.74) is 7.61. The van der Waals surface area contributed by atoms with Crippen molar-refractivity contribution in [1.29, 1.82) is 0 Å². The maximum atomic E-state index is 13.3. The average Bonchev–Trinajstić information content (AvgIpc) is 3.42. The first-order valence-electron chi connectivity index (χ1n) is 10.3. The minimum absolute atomic E-state index is 0.000463. The Morgan fingerprint density at radius 3 is 2.79 bits per heavy atom. The Bertz CT molecular complexity index is 1560. The molecule has 0 spiro atoms. The highest BCUT2D eigenvalue weighted by Crippen LogP contribution is 2.28. The van der Waals surface area contributed by atoms with Gasteiger partial charge in [-0.15, -0.1) is 11.3 Å². The molecule has 13 heteroatoms. The zero-order chi connectivity index (χ0) is 24.2. The summed E-state index contributed by atoms with van der Waals surface area (Å²) in [6.45, 7) is 1.56. The zero-order valence-corrected chi connectivity index (χ0v) is 20.2. The summed E-state index contributed by atoms with van der Waals surface area (Å²) < 4.78 is 28.5. The Morgan fingerprint density at radius 2 is 2.03 bits per heavy atom. The second-order valence-electron chi connectivity index (χ2n) is 7.96. The van der Waals surface area contributed by atoms with Gasteiger partial charge in [-0.25, -0.2) is 13.4 Å². The number of amides is 2. The van der Waals surface area contributed by atoms with Crippen LogP contribution >= 0.6 is 22.9 Å². The third-order valence-corrected chi connectivity index (χ3v) is 8.72. The number of piperazine rings is 1. The monoisotopic (exact) mass is 518 g/mol. The number of nitrogens with two attached hydrogens (primary N) is 1. The lowest BCUT2D eigenvalue weighted by Crippen LogP contribution is -2.60. The number of carbonyl (C=O) groups is 2. The molecule has 1 fully saturated rings. The molecule has 4 heterocycles. The lowest BCUT2D eigenvalue weighted by Gasteiger charge is -2.38. The minimum Gasteiger partial charge on any atom is -0.368 e. The number of H-pyrrole nitrogens is 1. The number of primary amides is 1. The highest BCUT2D eigenvalue weighted by atomic mass is 35.5. The summed E-state index contributed by atoms with van der Waals surface area (Å²) >= 11 is 7.17. The summed E-state index contributed by atoms with van der Waals surface area (Å²) in [5, 5.41) is 1.29. The van der Waals surface area contributed by atoms with Crippen molar-refractivity contribution in [2.45, 2.75) is 18.0 Å². The maximum Gasteiger partial charge on any atom is 0.283 e. The number of halogens is 1. The Morgan fingerprint density at radius 1 is 1.24 bits per heavy atom. The number of thiazole rings is 1. The van der Waals surface area contributed by atoms with Gasteiger partial charge in [-0.05, 0) is 37.3 Å². The van der Waals surface area contributed by atoms with Crippen LogP contribution in [0.15, 0.2) is 41.6 Å². The number of benzene rings is 1. The van der Waals surface area contributed by atoms with E-state index in [0.717, 1.165) is 26.0 Å². The molecule has 1 aliphatic rings. The number of rotatable bonds is 4. The van der Waals surface area contributed by atoms with E-state index in [2.05, 4.69) is 15.0 Å². The van der Waals surface area contributed by atoms with Crippen molar-refractivity contribution in [2.24, 2.45) is 5.73 Å². The number of hydrogen-bond donors (Lipinski definition) is 2. The van der Waals surface area contributed by atoms with Crippen LogP contribution in [0.25, 0.3) is 21.1 Å². The number of aryl methyl sites for hydroxylation is 1. The van der Waals surface area contributed by atoms with E-state index in [9.17, 15) is 18.0 Å². The van der Waals surface area contributed by atoms with Gasteiger partial charge in [-0.2, -0.15) is 4.31 Å². The van der Waals surface area contributed by atoms with E-state index in [1.165, 1.54) is 11.0 Å². The summed E-state index contributed by atoms with van der Waals surface area (Å²) in [5.74, 6) is -1.27. The van der Waals surface area contributed by atoms with Crippen molar-refractivity contribution in [2.75, 3.05) is 19.6 Å². The number of aromatic nitrogens is 3. The molecule has 3 N–H and O–H groups in total. The molecular formula is C21H19ClN6O4S2. The number of fused-ring (bicyclic) bond motifs is 2. The predicted molar refractivity (Wildman–Crippen MR) is 128 cm³/mol. The molecule has 0 saturated carbocycles. The van der Waals surface area contributed by atoms with E-state index in [4.69, 9.17) is 17.3 Å². The number of carbonyl (C=O) groups excluding carboxylic acids is 2. The van der Waals surface area contributed by atoms with Crippen LogP contribution in [-0.2, 0) is 14.8 Å². The largest absolute Gasteiger partial charge is 0.368 e. The Labute approximate surface area is 203 Å².